The quantitative estimate of drug-likeness (QED) is 0.863. The van der Waals surface area contributed by atoms with Gasteiger partial charge in [0.25, 0.3) is 0 Å². The fourth-order valence-corrected chi connectivity index (χ4v) is 2.10. The van der Waals surface area contributed by atoms with Crippen LogP contribution in [-0.4, -0.2) is 16.1 Å². The van der Waals surface area contributed by atoms with Crippen LogP contribution in [0.4, 0.5) is 0 Å². The monoisotopic (exact) mass is 255 g/mol. The third-order valence-electron chi connectivity index (χ3n) is 3.20. The normalized spacial score (nSPS) is 12.0. The molecule has 1 heterocycles. The Kier molecular flexibility index (Phi) is 4.67. The van der Waals surface area contributed by atoms with E-state index in [1.54, 1.807) is 12.4 Å². The number of benzene rings is 1. The maximum absolute atomic E-state index is 11.3. The van der Waals surface area contributed by atoms with Gasteiger partial charge in [-0.2, -0.15) is 0 Å². The van der Waals surface area contributed by atoms with E-state index in [9.17, 15) is 9.90 Å². The zero-order chi connectivity index (χ0) is 13.5. The van der Waals surface area contributed by atoms with Crippen molar-refractivity contribution >= 4 is 5.97 Å². The first-order chi connectivity index (χ1) is 9.25. The maximum atomic E-state index is 11.3. The molecule has 0 saturated carbocycles. The van der Waals surface area contributed by atoms with Crippen molar-refractivity contribution in [3.8, 4) is 0 Å². The van der Waals surface area contributed by atoms with Crippen molar-refractivity contribution < 1.29 is 9.90 Å². The molecule has 0 aliphatic rings. The smallest absolute Gasteiger partial charge is 0.306 e. The minimum Gasteiger partial charge on any atom is -0.481 e. The summed E-state index contributed by atoms with van der Waals surface area (Å²) in [5, 5.41) is 9.30. The summed E-state index contributed by atoms with van der Waals surface area (Å²) in [6.45, 7) is 0. The van der Waals surface area contributed by atoms with Crippen molar-refractivity contribution in [1.29, 1.82) is 0 Å². The molecule has 1 N–H and O–H groups in total. The fraction of sp³-hybridized carbons (Fsp3) is 0.250. The second kappa shape index (κ2) is 6.69. The van der Waals surface area contributed by atoms with Crippen LogP contribution in [0.5, 0.6) is 0 Å². The summed E-state index contributed by atoms with van der Waals surface area (Å²) >= 11 is 0. The Morgan fingerprint density at radius 3 is 2.37 bits per heavy atom. The van der Waals surface area contributed by atoms with Gasteiger partial charge in [0.2, 0.25) is 0 Å². The number of carbonyl (C=O) groups is 1. The Morgan fingerprint density at radius 1 is 1.05 bits per heavy atom. The van der Waals surface area contributed by atoms with Crippen LogP contribution in [0.3, 0.4) is 0 Å². The maximum Gasteiger partial charge on any atom is 0.306 e. The molecular formula is C16H17NO2. The first-order valence-electron chi connectivity index (χ1n) is 6.41. The van der Waals surface area contributed by atoms with E-state index in [1.807, 2.05) is 42.5 Å². The number of carboxylic acids is 1. The summed E-state index contributed by atoms with van der Waals surface area (Å²) in [5.74, 6) is -1.06. The molecule has 0 aliphatic heterocycles. The summed E-state index contributed by atoms with van der Waals surface area (Å²) in [4.78, 5) is 15.3. The molecular weight excluding hydrogens is 238 g/mol. The molecule has 1 atom stereocenters. The van der Waals surface area contributed by atoms with E-state index in [0.29, 0.717) is 12.8 Å². The molecule has 3 nitrogen and oxygen atoms in total. The van der Waals surface area contributed by atoms with Crippen LogP contribution in [0, 0.1) is 5.92 Å². The van der Waals surface area contributed by atoms with Crippen LogP contribution in [0.2, 0.25) is 0 Å². The highest BCUT2D eigenvalue weighted by molar-refractivity contribution is 5.70. The minimum atomic E-state index is -0.724. The predicted molar refractivity (Wildman–Crippen MR) is 73.8 cm³/mol. The number of rotatable bonds is 6. The Labute approximate surface area is 112 Å². The van der Waals surface area contributed by atoms with Gasteiger partial charge >= 0.3 is 5.97 Å². The molecule has 1 unspecified atom stereocenters. The fourth-order valence-electron chi connectivity index (χ4n) is 2.10. The van der Waals surface area contributed by atoms with Crippen molar-refractivity contribution in [2.75, 3.05) is 0 Å². The molecule has 0 radical (unpaired) electrons. The topological polar surface area (TPSA) is 50.2 Å². The first-order valence-corrected chi connectivity index (χ1v) is 6.41. The zero-order valence-electron chi connectivity index (χ0n) is 10.7. The highest BCUT2D eigenvalue weighted by atomic mass is 16.4. The molecule has 98 valence electrons. The number of pyridine rings is 1. The Bertz CT molecular complexity index is 511. The summed E-state index contributed by atoms with van der Waals surface area (Å²) in [7, 11) is 0. The molecule has 2 aromatic rings. The number of carboxylic acid groups (broad SMARTS) is 1. The van der Waals surface area contributed by atoms with Gasteiger partial charge in [-0.3, -0.25) is 9.78 Å². The molecule has 0 fully saturated rings. The second-order valence-electron chi connectivity index (χ2n) is 4.62. The van der Waals surface area contributed by atoms with E-state index in [1.165, 1.54) is 0 Å². The lowest BCUT2D eigenvalue weighted by Gasteiger charge is -2.12. The molecule has 0 spiro atoms. The average molecular weight is 255 g/mol. The van der Waals surface area contributed by atoms with Gasteiger partial charge < -0.3 is 5.11 Å². The lowest BCUT2D eigenvalue weighted by molar-refractivity contribution is -0.141. The minimum absolute atomic E-state index is 0.337. The number of nitrogens with zero attached hydrogens (tertiary/aromatic N) is 1. The summed E-state index contributed by atoms with van der Waals surface area (Å²) < 4.78 is 0. The number of aromatic nitrogens is 1. The number of hydrogen-bond acceptors (Lipinski definition) is 2. The average Bonchev–Trinajstić information content (AvgIpc) is 2.45. The number of aliphatic carboxylic acids is 1. The van der Waals surface area contributed by atoms with E-state index in [0.717, 1.165) is 17.5 Å². The van der Waals surface area contributed by atoms with Gasteiger partial charge in [0, 0.05) is 12.4 Å². The van der Waals surface area contributed by atoms with Crippen LogP contribution in [0.1, 0.15) is 17.5 Å². The van der Waals surface area contributed by atoms with Gasteiger partial charge in [0.1, 0.15) is 0 Å². The SMILES string of the molecule is O=C(O)C(CCc1ccncc1)Cc1ccccc1. The van der Waals surface area contributed by atoms with Crippen molar-refractivity contribution in [3.63, 3.8) is 0 Å². The molecule has 1 aromatic heterocycles. The van der Waals surface area contributed by atoms with Crippen LogP contribution < -0.4 is 0 Å². The van der Waals surface area contributed by atoms with Crippen LogP contribution in [-0.2, 0) is 17.6 Å². The van der Waals surface area contributed by atoms with E-state index in [2.05, 4.69) is 4.98 Å². The van der Waals surface area contributed by atoms with E-state index < -0.39 is 5.97 Å². The lowest BCUT2D eigenvalue weighted by atomic mass is 9.93. The van der Waals surface area contributed by atoms with Crippen LogP contribution >= 0.6 is 0 Å². The molecule has 0 aliphatic carbocycles. The summed E-state index contributed by atoms with van der Waals surface area (Å²) in [6.07, 6.45) is 5.48. The second-order valence-corrected chi connectivity index (χ2v) is 4.62. The van der Waals surface area contributed by atoms with Crippen molar-refractivity contribution in [2.45, 2.75) is 19.3 Å². The highest BCUT2D eigenvalue weighted by Crippen LogP contribution is 2.15. The van der Waals surface area contributed by atoms with Crippen molar-refractivity contribution in [2.24, 2.45) is 5.92 Å². The number of aryl methyl sites for hydroxylation is 1. The Morgan fingerprint density at radius 2 is 1.74 bits per heavy atom. The van der Waals surface area contributed by atoms with E-state index in [4.69, 9.17) is 0 Å². The van der Waals surface area contributed by atoms with Crippen LogP contribution in [0.15, 0.2) is 54.9 Å². The van der Waals surface area contributed by atoms with Crippen LogP contribution in [0.25, 0.3) is 0 Å². The number of hydrogen-bond donors (Lipinski definition) is 1. The largest absolute Gasteiger partial charge is 0.481 e. The van der Waals surface area contributed by atoms with Crippen molar-refractivity contribution in [3.05, 3.63) is 66.0 Å². The third kappa shape index (κ3) is 4.21. The standard InChI is InChI=1S/C16H17NO2/c18-16(19)15(12-14-4-2-1-3-5-14)7-6-13-8-10-17-11-9-13/h1-5,8-11,15H,6-7,12H2,(H,18,19). The van der Waals surface area contributed by atoms with Gasteiger partial charge in [-0.15, -0.1) is 0 Å². The molecule has 0 saturated heterocycles. The lowest BCUT2D eigenvalue weighted by Crippen LogP contribution is -2.17. The van der Waals surface area contributed by atoms with Gasteiger partial charge in [0.15, 0.2) is 0 Å². The predicted octanol–water partition coefficient (Wildman–Crippen LogP) is 2.96. The Hall–Kier alpha value is -2.16. The third-order valence-corrected chi connectivity index (χ3v) is 3.20. The Balaban J connectivity index is 1.95. The summed E-state index contributed by atoms with van der Waals surface area (Å²) in [6, 6.07) is 13.6. The van der Waals surface area contributed by atoms with E-state index >= 15 is 0 Å². The zero-order valence-corrected chi connectivity index (χ0v) is 10.7. The molecule has 3 heteroatoms. The molecule has 2 rings (SSSR count). The van der Waals surface area contributed by atoms with Gasteiger partial charge in [0.05, 0.1) is 5.92 Å². The van der Waals surface area contributed by atoms with Gasteiger partial charge in [-0.1, -0.05) is 30.3 Å². The first kappa shape index (κ1) is 13.3. The molecule has 0 bridgehead atoms. The molecule has 19 heavy (non-hydrogen) atoms. The molecule has 1 aromatic carbocycles. The van der Waals surface area contributed by atoms with Crippen molar-refractivity contribution in [1.82, 2.24) is 4.98 Å². The van der Waals surface area contributed by atoms with Gasteiger partial charge in [-0.25, -0.2) is 0 Å². The van der Waals surface area contributed by atoms with Gasteiger partial charge in [-0.05, 0) is 42.5 Å². The summed E-state index contributed by atoms with van der Waals surface area (Å²) in [5.41, 5.74) is 2.21. The highest BCUT2D eigenvalue weighted by Gasteiger charge is 2.17. The molecule has 0 amide bonds. The van der Waals surface area contributed by atoms with E-state index in [-0.39, 0.29) is 5.92 Å².